The van der Waals surface area contributed by atoms with Gasteiger partial charge in [-0.05, 0) is 12.5 Å². The van der Waals surface area contributed by atoms with E-state index in [4.69, 9.17) is 14.2 Å². The Hall–Kier alpha value is -0.890. The lowest BCUT2D eigenvalue weighted by molar-refractivity contribution is 0.0161. The van der Waals surface area contributed by atoms with Crippen LogP contribution in [0.25, 0.3) is 0 Å². The van der Waals surface area contributed by atoms with E-state index in [1.807, 2.05) is 0 Å². The van der Waals surface area contributed by atoms with Gasteiger partial charge in [0.25, 0.3) is 5.19 Å². The molecule has 0 bridgehead atoms. The fraction of sp³-hybridized carbons (Fsp3) is 0.812. The first kappa shape index (κ1) is 18.4. The van der Waals surface area contributed by atoms with Gasteiger partial charge in [-0.1, -0.05) is 25.2 Å². The van der Waals surface area contributed by atoms with Crippen molar-refractivity contribution in [1.82, 2.24) is 14.8 Å². The number of ether oxygens (including phenoxy) is 3. The molecule has 0 saturated carbocycles. The first-order valence-corrected chi connectivity index (χ1v) is 8.81. The minimum atomic E-state index is 0.216. The molecular weight excluding hydrogens is 314 g/mol. The predicted molar refractivity (Wildman–Crippen MR) is 92.6 cm³/mol. The van der Waals surface area contributed by atoms with Crippen molar-refractivity contribution in [1.29, 1.82) is 0 Å². The average Bonchev–Trinajstić information content (AvgIpc) is 2.89. The molecule has 2 heterocycles. The smallest absolute Gasteiger partial charge is 0.276 e. The van der Waals surface area contributed by atoms with Crippen molar-refractivity contribution in [3.63, 3.8) is 0 Å². The Balaban J connectivity index is 1.89. The number of hydrogen-bond acceptors (Lipinski definition) is 7. The number of morpholine rings is 1. The van der Waals surface area contributed by atoms with Crippen molar-refractivity contribution in [2.45, 2.75) is 20.4 Å². The molecule has 132 valence electrons. The predicted octanol–water partition coefficient (Wildman–Crippen LogP) is 1.95. The van der Waals surface area contributed by atoms with Crippen LogP contribution in [0.4, 0.5) is 0 Å². The highest BCUT2D eigenvalue weighted by molar-refractivity contribution is 7.13. The summed E-state index contributed by atoms with van der Waals surface area (Å²) in [5.74, 6) is 0.671. The molecule has 1 aromatic rings. The van der Waals surface area contributed by atoms with E-state index in [0.717, 1.165) is 50.8 Å². The third-order valence-electron chi connectivity index (χ3n) is 3.88. The van der Waals surface area contributed by atoms with Gasteiger partial charge in [0, 0.05) is 32.7 Å². The van der Waals surface area contributed by atoms with E-state index < -0.39 is 0 Å². The molecular formula is C16H29N3O3S. The van der Waals surface area contributed by atoms with Crippen molar-refractivity contribution in [2.75, 3.05) is 60.7 Å². The molecule has 1 aliphatic rings. The summed E-state index contributed by atoms with van der Waals surface area (Å²) in [5.41, 5.74) is 0.216. The van der Waals surface area contributed by atoms with Crippen molar-refractivity contribution in [2.24, 2.45) is 5.41 Å². The number of rotatable bonds is 8. The molecule has 1 aromatic heterocycles. The molecule has 0 radical (unpaired) electrons. The minimum Gasteiger partial charge on any atom is -0.480 e. The van der Waals surface area contributed by atoms with E-state index in [-0.39, 0.29) is 5.41 Å². The zero-order valence-electron chi connectivity index (χ0n) is 14.9. The second-order valence-electron chi connectivity index (χ2n) is 6.84. The molecule has 7 heteroatoms. The summed E-state index contributed by atoms with van der Waals surface area (Å²) < 4.78 is 16.0. The zero-order valence-corrected chi connectivity index (χ0v) is 15.7. The van der Waals surface area contributed by atoms with Crippen molar-refractivity contribution >= 4 is 11.3 Å². The van der Waals surface area contributed by atoms with Gasteiger partial charge in [-0.2, -0.15) is 4.98 Å². The molecule has 0 atom stereocenters. The lowest BCUT2D eigenvalue weighted by Gasteiger charge is -2.37. The molecule has 6 nitrogen and oxygen atoms in total. The summed E-state index contributed by atoms with van der Waals surface area (Å²) in [7, 11) is 5.43. The van der Waals surface area contributed by atoms with Gasteiger partial charge >= 0.3 is 0 Å². The zero-order chi connectivity index (χ0) is 16.9. The van der Waals surface area contributed by atoms with Crippen LogP contribution < -0.4 is 9.47 Å². The summed E-state index contributed by atoms with van der Waals surface area (Å²) in [5, 5.41) is 0.651. The molecule has 1 fully saturated rings. The lowest BCUT2D eigenvalue weighted by atomic mass is 9.92. The van der Waals surface area contributed by atoms with Crippen molar-refractivity contribution in [3.8, 4) is 11.1 Å². The minimum absolute atomic E-state index is 0.216. The molecule has 0 spiro atoms. The van der Waals surface area contributed by atoms with Crippen molar-refractivity contribution < 1.29 is 14.2 Å². The number of methoxy groups -OCH3 is 2. The van der Waals surface area contributed by atoms with E-state index in [9.17, 15) is 0 Å². The Kier molecular flexibility index (Phi) is 6.64. The van der Waals surface area contributed by atoms with E-state index in [2.05, 4.69) is 35.7 Å². The van der Waals surface area contributed by atoms with Gasteiger partial charge in [0.05, 0.1) is 32.3 Å². The summed E-state index contributed by atoms with van der Waals surface area (Å²) in [6.07, 6.45) is 0. The Morgan fingerprint density at radius 2 is 1.96 bits per heavy atom. The summed E-state index contributed by atoms with van der Waals surface area (Å²) in [6.45, 7) is 11.3. The van der Waals surface area contributed by atoms with Gasteiger partial charge in [-0.15, -0.1) is 0 Å². The summed E-state index contributed by atoms with van der Waals surface area (Å²) in [4.78, 5) is 10.2. The number of aromatic nitrogens is 1. The highest BCUT2D eigenvalue weighted by Crippen LogP contribution is 2.32. The Labute approximate surface area is 143 Å². The second kappa shape index (κ2) is 8.28. The monoisotopic (exact) mass is 343 g/mol. The maximum Gasteiger partial charge on any atom is 0.276 e. The van der Waals surface area contributed by atoms with Crippen LogP contribution in [-0.4, -0.2) is 75.4 Å². The Morgan fingerprint density at radius 3 is 2.57 bits per heavy atom. The maximum absolute atomic E-state index is 5.43. The number of nitrogens with zero attached hydrogens (tertiary/aromatic N) is 3. The molecule has 0 aliphatic carbocycles. The average molecular weight is 343 g/mol. The normalized spacial score (nSPS) is 16.8. The first-order valence-electron chi connectivity index (χ1n) is 8.00. The van der Waals surface area contributed by atoms with Gasteiger partial charge in [-0.3, -0.25) is 4.90 Å². The fourth-order valence-electron chi connectivity index (χ4n) is 3.11. The molecule has 2 rings (SSSR count). The van der Waals surface area contributed by atoms with Crippen LogP contribution in [0, 0.1) is 5.41 Å². The van der Waals surface area contributed by atoms with Crippen LogP contribution >= 0.6 is 11.3 Å². The van der Waals surface area contributed by atoms with Crippen LogP contribution in [0.2, 0.25) is 0 Å². The first-order chi connectivity index (χ1) is 10.9. The lowest BCUT2D eigenvalue weighted by Crippen LogP contribution is -2.45. The van der Waals surface area contributed by atoms with E-state index in [0.29, 0.717) is 11.1 Å². The maximum atomic E-state index is 5.43. The quantitative estimate of drug-likeness (QED) is 0.719. The fourth-order valence-corrected chi connectivity index (χ4v) is 4.03. The SMILES string of the molecule is COc1nc(OC)c(CN(C)CC(C)(C)CN2CCOCC2)s1. The highest BCUT2D eigenvalue weighted by atomic mass is 32.1. The van der Waals surface area contributed by atoms with Gasteiger partial charge in [0.15, 0.2) is 0 Å². The van der Waals surface area contributed by atoms with Crippen LogP contribution in [0.1, 0.15) is 18.7 Å². The third kappa shape index (κ3) is 5.60. The standard InChI is InChI=1S/C16H29N3O3S/c1-16(2,12-19-6-8-22-9-7-19)11-18(3)10-13-14(20-4)17-15(21-5)23-13/h6-12H2,1-5H3. The summed E-state index contributed by atoms with van der Waals surface area (Å²) in [6, 6.07) is 0. The molecule has 23 heavy (non-hydrogen) atoms. The van der Waals surface area contributed by atoms with E-state index in [1.54, 1.807) is 25.6 Å². The van der Waals surface area contributed by atoms with E-state index >= 15 is 0 Å². The van der Waals surface area contributed by atoms with Crippen molar-refractivity contribution in [3.05, 3.63) is 4.88 Å². The Bertz CT molecular complexity index is 487. The van der Waals surface area contributed by atoms with Gasteiger partial charge in [0.1, 0.15) is 0 Å². The third-order valence-corrected chi connectivity index (χ3v) is 4.86. The molecule has 0 amide bonds. The molecule has 0 N–H and O–H groups in total. The molecule has 1 aliphatic heterocycles. The highest BCUT2D eigenvalue weighted by Gasteiger charge is 2.25. The molecule has 1 saturated heterocycles. The number of thiazole rings is 1. The van der Waals surface area contributed by atoms with Crippen LogP contribution in [0.5, 0.6) is 11.1 Å². The Morgan fingerprint density at radius 1 is 1.26 bits per heavy atom. The molecule has 0 aromatic carbocycles. The van der Waals surface area contributed by atoms with E-state index in [1.165, 1.54) is 0 Å². The van der Waals surface area contributed by atoms with Gasteiger partial charge < -0.3 is 19.1 Å². The van der Waals surface area contributed by atoms with Gasteiger partial charge in [-0.25, -0.2) is 0 Å². The van der Waals surface area contributed by atoms with Crippen LogP contribution in [0.3, 0.4) is 0 Å². The van der Waals surface area contributed by atoms with Crippen LogP contribution in [-0.2, 0) is 11.3 Å². The number of hydrogen-bond donors (Lipinski definition) is 0. The van der Waals surface area contributed by atoms with Crippen LogP contribution in [0.15, 0.2) is 0 Å². The summed E-state index contributed by atoms with van der Waals surface area (Å²) >= 11 is 1.55. The molecule has 0 unspecified atom stereocenters. The van der Waals surface area contributed by atoms with Gasteiger partial charge in [0.2, 0.25) is 5.88 Å². The topological polar surface area (TPSA) is 47.1 Å². The second-order valence-corrected chi connectivity index (χ2v) is 7.89. The largest absolute Gasteiger partial charge is 0.480 e.